The van der Waals surface area contributed by atoms with E-state index in [0.717, 1.165) is 25.1 Å². The fourth-order valence-corrected chi connectivity index (χ4v) is 4.56. The molecule has 21 heavy (non-hydrogen) atoms. The monoisotopic (exact) mass is 313 g/mol. The van der Waals surface area contributed by atoms with Gasteiger partial charge in [0.2, 0.25) is 10.0 Å². The molecule has 0 spiro atoms. The molecule has 0 amide bonds. The first kappa shape index (κ1) is 16.5. The van der Waals surface area contributed by atoms with Gasteiger partial charge in [-0.05, 0) is 31.4 Å². The van der Waals surface area contributed by atoms with Crippen LogP contribution in [0.3, 0.4) is 0 Å². The zero-order valence-corrected chi connectivity index (χ0v) is 14.3. The topological polar surface area (TPSA) is 54.3 Å². The second kappa shape index (κ2) is 6.10. The van der Waals surface area contributed by atoms with Crippen LogP contribution in [0.25, 0.3) is 0 Å². The van der Waals surface area contributed by atoms with Crippen molar-refractivity contribution >= 4 is 10.0 Å². The van der Waals surface area contributed by atoms with E-state index in [1.54, 1.807) is 10.5 Å². The summed E-state index contributed by atoms with van der Waals surface area (Å²) in [6.45, 7) is 9.10. The number of aryl methyl sites for hydroxylation is 1. The third-order valence-electron chi connectivity index (χ3n) is 4.06. The molecule has 1 aromatic rings. The number of hydrogen-bond donors (Lipinski definition) is 1. The molecule has 1 aromatic heterocycles. The lowest BCUT2D eigenvalue weighted by Gasteiger charge is -2.19. The predicted molar refractivity (Wildman–Crippen MR) is 84.6 cm³/mol. The Bertz CT molecular complexity index is 567. The maximum atomic E-state index is 12.8. The minimum Gasteiger partial charge on any atom is -0.349 e. The maximum absolute atomic E-state index is 12.8. The molecule has 2 rings (SSSR count). The van der Waals surface area contributed by atoms with Gasteiger partial charge in [-0.1, -0.05) is 20.8 Å². The highest BCUT2D eigenvalue weighted by atomic mass is 32.2. The summed E-state index contributed by atoms with van der Waals surface area (Å²) >= 11 is 0. The highest BCUT2D eigenvalue weighted by molar-refractivity contribution is 7.89. The fourth-order valence-electron chi connectivity index (χ4n) is 2.86. The molecule has 0 unspecified atom stereocenters. The predicted octanol–water partition coefficient (Wildman–Crippen LogP) is 2.04. The molecule has 1 N–H and O–H groups in total. The quantitative estimate of drug-likeness (QED) is 0.874. The van der Waals surface area contributed by atoms with Gasteiger partial charge in [0.05, 0.1) is 0 Å². The van der Waals surface area contributed by atoms with Crippen LogP contribution >= 0.6 is 0 Å². The fraction of sp³-hybridized carbons (Fsp3) is 0.733. The zero-order chi connectivity index (χ0) is 15.7. The van der Waals surface area contributed by atoms with E-state index in [4.69, 9.17) is 0 Å². The SMILES string of the molecule is CCCn1cc(S(=O)(=O)N2CCC(C)(C)C2)cc1CNC. The van der Waals surface area contributed by atoms with Crippen LogP contribution in [0.4, 0.5) is 0 Å². The largest absolute Gasteiger partial charge is 0.349 e. The van der Waals surface area contributed by atoms with E-state index in [1.165, 1.54) is 0 Å². The highest BCUT2D eigenvalue weighted by Gasteiger charge is 2.37. The lowest BCUT2D eigenvalue weighted by atomic mass is 9.93. The van der Waals surface area contributed by atoms with E-state index < -0.39 is 10.0 Å². The van der Waals surface area contributed by atoms with Crippen molar-refractivity contribution in [3.63, 3.8) is 0 Å². The van der Waals surface area contributed by atoms with E-state index in [-0.39, 0.29) is 5.41 Å². The van der Waals surface area contributed by atoms with Gasteiger partial charge in [-0.25, -0.2) is 8.42 Å². The smallest absolute Gasteiger partial charge is 0.244 e. The molecule has 0 atom stereocenters. The van der Waals surface area contributed by atoms with Crippen molar-refractivity contribution in [1.82, 2.24) is 14.2 Å². The number of hydrogen-bond acceptors (Lipinski definition) is 3. The highest BCUT2D eigenvalue weighted by Crippen LogP contribution is 2.33. The van der Waals surface area contributed by atoms with Crippen molar-refractivity contribution in [2.24, 2.45) is 5.41 Å². The third kappa shape index (κ3) is 3.49. The van der Waals surface area contributed by atoms with Gasteiger partial charge in [0.25, 0.3) is 0 Å². The number of nitrogens with zero attached hydrogens (tertiary/aromatic N) is 2. The van der Waals surface area contributed by atoms with Crippen molar-refractivity contribution in [1.29, 1.82) is 0 Å². The van der Waals surface area contributed by atoms with E-state index in [0.29, 0.717) is 24.5 Å². The Labute approximate surface area is 128 Å². The van der Waals surface area contributed by atoms with E-state index in [1.807, 2.05) is 17.7 Å². The van der Waals surface area contributed by atoms with Crippen molar-refractivity contribution in [3.05, 3.63) is 18.0 Å². The third-order valence-corrected chi connectivity index (χ3v) is 5.87. The van der Waals surface area contributed by atoms with Gasteiger partial charge in [-0.2, -0.15) is 4.31 Å². The van der Waals surface area contributed by atoms with Crippen LogP contribution in [-0.2, 0) is 23.1 Å². The molecule has 120 valence electrons. The molecule has 2 heterocycles. The summed E-state index contributed by atoms with van der Waals surface area (Å²) < 4.78 is 29.2. The summed E-state index contributed by atoms with van der Waals surface area (Å²) in [5.74, 6) is 0. The molecule has 5 nitrogen and oxygen atoms in total. The lowest BCUT2D eigenvalue weighted by molar-refractivity contribution is 0.375. The van der Waals surface area contributed by atoms with Crippen LogP contribution in [0.15, 0.2) is 17.2 Å². The molecule has 1 fully saturated rings. The Kier molecular flexibility index (Phi) is 4.80. The molecule has 1 saturated heterocycles. The molecule has 0 aliphatic carbocycles. The molecule has 6 heteroatoms. The number of nitrogens with one attached hydrogen (secondary N) is 1. The second-order valence-electron chi connectivity index (χ2n) is 6.64. The van der Waals surface area contributed by atoms with Gasteiger partial charge < -0.3 is 9.88 Å². The van der Waals surface area contributed by atoms with E-state index in [2.05, 4.69) is 26.1 Å². The van der Waals surface area contributed by atoms with Gasteiger partial charge in [0.15, 0.2) is 0 Å². The molecule has 0 bridgehead atoms. The molecular weight excluding hydrogens is 286 g/mol. The average molecular weight is 313 g/mol. The molecule has 0 saturated carbocycles. The van der Waals surface area contributed by atoms with Crippen LogP contribution in [0.1, 0.15) is 39.3 Å². The van der Waals surface area contributed by atoms with Crippen LogP contribution in [0.2, 0.25) is 0 Å². The standard InChI is InChI=1S/C15H27N3O2S/c1-5-7-17-11-14(9-13(17)10-16-4)21(19,20)18-8-6-15(2,3)12-18/h9,11,16H,5-8,10,12H2,1-4H3. The number of aromatic nitrogens is 1. The van der Waals surface area contributed by atoms with E-state index >= 15 is 0 Å². The van der Waals surface area contributed by atoms with Crippen molar-refractivity contribution in [2.45, 2.75) is 51.6 Å². The normalized spacial score (nSPS) is 19.2. The minimum absolute atomic E-state index is 0.0762. The van der Waals surface area contributed by atoms with Gasteiger partial charge in [-0.15, -0.1) is 0 Å². The first-order valence-electron chi connectivity index (χ1n) is 7.64. The zero-order valence-electron chi connectivity index (χ0n) is 13.5. The molecule has 0 aromatic carbocycles. The van der Waals surface area contributed by atoms with Crippen LogP contribution in [-0.4, -0.2) is 37.4 Å². The summed E-state index contributed by atoms with van der Waals surface area (Å²) in [5, 5.41) is 3.10. The molecule has 1 aliphatic rings. The maximum Gasteiger partial charge on any atom is 0.244 e. The van der Waals surface area contributed by atoms with Crippen molar-refractivity contribution < 1.29 is 8.42 Å². The second-order valence-corrected chi connectivity index (χ2v) is 8.58. The Morgan fingerprint density at radius 2 is 2.10 bits per heavy atom. The average Bonchev–Trinajstić information content (AvgIpc) is 2.95. The summed E-state index contributed by atoms with van der Waals surface area (Å²) in [6.07, 6.45) is 3.70. The molecular formula is C15H27N3O2S. The Hall–Kier alpha value is -0.850. The number of rotatable bonds is 6. The summed E-state index contributed by atoms with van der Waals surface area (Å²) in [5.41, 5.74) is 1.10. The van der Waals surface area contributed by atoms with Gasteiger partial charge in [0, 0.05) is 38.1 Å². The van der Waals surface area contributed by atoms with Gasteiger partial charge >= 0.3 is 0 Å². The van der Waals surface area contributed by atoms with Crippen LogP contribution in [0, 0.1) is 5.41 Å². The lowest BCUT2D eigenvalue weighted by Crippen LogP contribution is -2.30. The summed E-state index contributed by atoms with van der Waals surface area (Å²) in [6, 6.07) is 1.81. The van der Waals surface area contributed by atoms with E-state index in [9.17, 15) is 8.42 Å². The minimum atomic E-state index is -3.36. The van der Waals surface area contributed by atoms with Crippen LogP contribution in [0.5, 0.6) is 0 Å². The molecule has 0 radical (unpaired) electrons. The Morgan fingerprint density at radius 1 is 1.38 bits per heavy atom. The Balaban J connectivity index is 2.30. The first-order valence-corrected chi connectivity index (χ1v) is 9.08. The van der Waals surface area contributed by atoms with Crippen molar-refractivity contribution in [3.8, 4) is 0 Å². The van der Waals surface area contributed by atoms with Gasteiger partial charge in [-0.3, -0.25) is 0 Å². The van der Waals surface area contributed by atoms with Crippen LogP contribution < -0.4 is 5.32 Å². The summed E-state index contributed by atoms with van der Waals surface area (Å²) in [7, 11) is -1.49. The van der Waals surface area contributed by atoms with Gasteiger partial charge in [0.1, 0.15) is 4.90 Å². The molecule has 1 aliphatic heterocycles. The first-order chi connectivity index (χ1) is 9.80. The number of sulfonamides is 1. The Morgan fingerprint density at radius 3 is 2.62 bits per heavy atom. The van der Waals surface area contributed by atoms with Crippen molar-refractivity contribution in [2.75, 3.05) is 20.1 Å². The summed E-state index contributed by atoms with van der Waals surface area (Å²) in [4.78, 5) is 0.430.